The maximum Gasteiger partial charge on any atom is 0.254 e. The summed E-state index contributed by atoms with van der Waals surface area (Å²) in [5, 5.41) is 8.35. The molecule has 1 saturated heterocycles. The van der Waals surface area contributed by atoms with Gasteiger partial charge in [-0.25, -0.2) is 0 Å². The average molecular weight is 394 g/mol. The Balaban J connectivity index is 1.57. The van der Waals surface area contributed by atoms with Crippen molar-refractivity contribution in [1.29, 1.82) is 0 Å². The Bertz CT molecular complexity index is 881. The molecular weight excluding hydrogens is 362 g/mol. The lowest BCUT2D eigenvalue weighted by Gasteiger charge is -2.33. The van der Waals surface area contributed by atoms with Crippen LogP contribution in [0.25, 0.3) is 10.8 Å². The summed E-state index contributed by atoms with van der Waals surface area (Å²) >= 11 is 0. The molecule has 0 aromatic heterocycles. The number of carbonyl (C=O) groups is 2. The first-order valence-electron chi connectivity index (χ1n) is 10.9. The molecule has 4 rings (SSSR count). The summed E-state index contributed by atoms with van der Waals surface area (Å²) in [6.07, 6.45) is 6.15. The number of nitrogens with zero attached hydrogens (tertiary/aromatic N) is 1. The maximum atomic E-state index is 13.6. The second kappa shape index (κ2) is 8.95. The highest BCUT2D eigenvalue weighted by molar-refractivity contribution is 6.01. The van der Waals surface area contributed by atoms with E-state index in [4.69, 9.17) is 0 Å². The van der Waals surface area contributed by atoms with E-state index in [2.05, 4.69) is 16.7 Å². The molecule has 0 bridgehead atoms. The van der Waals surface area contributed by atoms with Gasteiger partial charge >= 0.3 is 0 Å². The first-order chi connectivity index (χ1) is 14.2. The first-order valence-corrected chi connectivity index (χ1v) is 10.9. The summed E-state index contributed by atoms with van der Waals surface area (Å²) in [4.78, 5) is 28.5. The zero-order valence-corrected chi connectivity index (χ0v) is 17.2. The minimum atomic E-state index is -0.350. The van der Waals surface area contributed by atoms with Crippen LogP contribution in [0.1, 0.15) is 48.9 Å². The molecule has 2 N–H and O–H groups in total. The molecule has 1 heterocycles. The molecule has 3 atom stereocenters. The SMILES string of the molecule is CNCCCNC(=O)C1CC2CCCCC2N1C(=O)c1ccc2ccccc2c1. The number of amides is 2. The molecule has 2 amide bonds. The van der Waals surface area contributed by atoms with E-state index in [1.54, 1.807) is 0 Å². The van der Waals surface area contributed by atoms with E-state index >= 15 is 0 Å². The van der Waals surface area contributed by atoms with Gasteiger partial charge in [0.25, 0.3) is 5.91 Å². The summed E-state index contributed by atoms with van der Waals surface area (Å²) < 4.78 is 0. The van der Waals surface area contributed by atoms with Crippen LogP contribution in [0.5, 0.6) is 0 Å². The summed E-state index contributed by atoms with van der Waals surface area (Å²) in [6.45, 7) is 1.51. The topological polar surface area (TPSA) is 61.4 Å². The zero-order chi connectivity index (χ0) is 20.2. The number of nitrogens with one attached hydrogen (secondary N) is 2. The molecular formula is C24H31N3O2. The summed E-state index contributed by atoms with van der Waals surface area (Å²) in [5.74, 6) is 0.450. The van der Waals surface area contributed by atoms with Crippen molar-refractivity contribution >= 4 is 22.6 Å². The lowest BCUT2D eigenvalue weighted by Crippen LogP contribution is -2.49. The molecule has 3 unspecified atom stereocenters. The van der Waals surface area contributed by atoms with Crippen LogP contribution >= 0.6 is 0 Å². The number of hydrogen-bond acceptors (Lipinski definition) is 3. The van der Waals surface area contributed by atoms with Crippen molar-refractivity contribution in [2.75, 3.05) is 20.1 Å². The van der Waals surface area contributed by atoms with Gasteiger partial charge in [-0.2, -0.15) is 0 Å². The number of rotatable bonds is 6. The van der Waals surface area contributed by atoms with E-state index in [9.17, 15) is 9.59 Å². The van der Waals surface area contributed by atoms with E-state index in [1.165, 1.54) is 6.42 Å². The van der Waals surface area contributed by atoms with Crippen molar-refractivity contribution in [3.05, 3.63) is 48.0 Å². The minimum absolute atomic E-state index is 0.000489. The Morgan fingerprint density at radius 2 is 1.83 bits per heavy atom. The Labute approximate surface area is 172 Å². The molecule has 0 radical (unpaired) electrons. The molecule has 2 fully saturated rings. The number of likely N-dealkylation sites (tertiary alicyclic amines) is 1. The highest BCUT2D eigenvalue weighted by atomic mass is 16.2. The number of hydrogen-bond donors (Lipinski definition) is 2. The highest BCUT2D eigenvalue weighted by Gasteiger charge is 2.47. The summed E-state index contributed by atoms with van der Waals surface area (Å²) in [5.41, 5.74) is 0.683. The van der Waals surface area contributed by atoms with Gasteiger partial charge in [-0.1, -0.05) is 43.2 Å². The normalized spacial score (nSPS) is 23.8. The van der Waals surface area contributed by atoms with Gasteiger partial charge in [0.1, 0.15) is 6.04 Å². The zero-order valence-electron chi connectivity index (χ0n) is 17.2. The Morgan fingerprint density at radius 3 is 2.66 bits per heavy atom. The van der Waals surface area contributed by atoms with E-state index < -0.39 is 0 Å². The van der Waals surface area contributed by atoms with Gasteiger partial charge in [-0.05, 0) is 68.1 Å². The highest BCUT2D eigenvalue weighted by Crippen LogP contribution is 2.40. The lowest BCUT2D eigenvalue weighted by atomic mass is 9.84. The van der Waals surface area contributed by atoms with Crippen LogP contribution in [0.15, 0.2) is 42.5 Å². The maximum absolute atomic E-state index is 13.6. The van der Waals surface area contributed by atoms with E-state index in [0.717, 1.165) is 49.4 Å². The molecule has 1 aliphatic carbocycles. The number of fused-ring (bicyclic) bond motifs is 2. The Kier molecular flexibility index (Phi) is 6.14. The first kappa shape index (κ1) is 19.9. The van der Waals surface area contributed by atoms with Crippen LogP contribution in [-0.2, 0) is 4.79 Å². The lowest BCUT2D eigenvalue weighted by molar-refractivity contribution is -0.125. The predicted molar refractivity (Wildman–Crippen MR) is 116 cm³/mol. The molecule has 154 valence electrons. The largest absolute Gasteiger partial charge is 0.354 e. The third kappa shape index (κ3) is 4.15. The van der Waals surface area contributed by atoms with Crippen molar-refractivity contribution in [3.8, 4) is 0 Å². The van der Waals surface area contributed by atoms with Crippen LogP contribution in [-0.4, -0.2) is 48.9 Å². The van der Waals surface area contributed by atoms with Crippen molar-refractivity contribution in [1.82, 2.24) is 15.5 Å². The van der Waals surface area contributed by atoms with Crippen LogP contribution in [0, 0.1) is 5.92 Å². The Hall–Kier alpha value is -2.40. The van der Waals surface area contributed by atoms with Gasteiger partial charge in [0.2, 0.25) is 5.91 Å². The monoisotopic (exact) mass is 393 g/mol. The van der Waals surface area contributed by atoms with Gasteiger partial charge < -0.3 is 15.5 Å². The van der Waals surface area contributed by atoms with Gasteiger partial charge in [-0.15, -0.1) is 0 Å². The second-order valence-electron chi connectivity index (χ2n) is 8.39. The average Bonchev–Trinajstić information content (AvgIpc) is 3.15. The fraction of sp³-hybridized carbons (Fsp3) is 0.500. The summed E-state index contributed by atoms with van der Waals surface area (Å²) in [6, 6.07) is 13.8. The van der Waals surface area contributed by atoms with Gasteiger partial charge in [0.15, 0.2) is 0 Å². The molecule has 29 heavy (non-hydrogen) atoms. The molecule has 5 heteroatoms. The molecule has 5 nitrogen and oxygen atoms in total. The van der Waals surface area contributed by atoms with E-state index in [0.29, 0.717) is 18.0 Å². The molecule has 1 aliphatic heterocycles. The van der Waals surface area contributed by atoms with Crippen LogP contribution in [0.2, 0.25) is 0 Å². The molecule has 2 aliphatic rings. The Morgan fingerprint density at radius 1 is 1.03 bits per heavy atom. The molecule has 1 saturated carbocycles. The number of benzene rings is 2. The quantitative estimate of drug-likeness (QED) is 0.740. The fourth-order valence-corrected chi connectivity index (χ4v) is 5.05. The standard InChI is InChI=1S/C24H31N3O2/c1-25-13-6-14-26-23(28)22-16-19-9-4-5-10-21(19)27(22)24(29)20-12-11-17-7-2-3-8-18(17)15-20/h2-3,7-8,11-12,15,19,21-22,25H,4-6,9-10,13-14,16H2,1H3,(H,26,28). The van der Waals surface area contributed by atoms with Gasteiger partial charge in [0, 0.05) is 18.2 Å². The third-order valence-electron chi connectivity index (χ3n) is 6.52. The van der Waals surface area contributed by atoms with Crippen molar-refractivity contribution in [3.63, 3.8) is 0 Å². The van der Waals surface area contributed by atoms with E-state index in [-0.39, 0.29) is 23.9 Å². The minimum Gasteiger partial charge on any atom is -0.354 e. The van der Waals surface area contributed by atoms with Crippen molar-refractivity contribution in [2.24, 2.45) is 5.92 Å². The fourth-order valence-electron chi connectivity index (χ4n) is 5.05. The van der Waals surface area contributed by atoms with Crippen LogP contribution in [0.3, 0.4) is 0 Å². The van der Waals surface area contributed by atoms with Gasteiger partial charge in [0.05, 0.1) is 0 Å². The predicted octanol–water partition coefficient (Wildman–Crippen LogP) is 3.34. The third-order valence-corrected chi connectivity index (χ3v) is 6.52. The van der Waals surface area contributed by atoms with Crippen LogP contribution < -0.4 is 10.6 Å². The van der Waals surface area contributed by atoms with Gasteiger partial charge in [-0.3, -0.25) is 9.59 Å². The molecule has 2 aromatic carbocycles. The number of carbonyl (C=O) groups excluding carboxylic acids is 2. The second-order valence-corrected chi connectivity index (χ2v) is 8.39. The molecule has 0 spiro atoms. The van der Waals surface area contributed by atoms with Crippen molar-refractivity contribution in [2.45, 2.75) is 50.6 Å². The smallest absolute Gasteiger partial charge is 0.254 e. The van der Waals surface area contributed by atoms with E-state index in [1.807, 2.05) is 48.3 Å². The van der Waals surface area contributed by atoms with Crippen molar-refractivity contribution < 1.29 is 9.59 Å². The van der Waals surface area contributed by atoms with Crippen LogP contribution in [0.4, 0.5) is 0 Å². The summed E-state index contributed by atoms with van der Waals surface area (Å²) in [7, 11) is 1.91. The molecule has 2 aromatic rings.